The van der Waals surface area contributed by atoms with E-state index >= 15 is 0 Å². The first-order valence-corrected chi connectivity index (χ1v) is 8.08. The molecule has 0 amide bonds. The minimum absolute atomic E-state index is 0.466. The molecule has 3 heteroatoms. The molecule has 1 aromatic heterocycles. The number of anilines is 1. The van der Waals surface area contributed by atoms with E-state index in [9.17, 15) is 5.11 Å². The Labute approximate surface area is 136 Å². The third-order valence-corrected chi connectivity index (χ3v) is 4.28. The monoisotopic (exact) mass is 306 g/mol. The Morgan fingerprint density at radius 3 is 2.74 bits per heavy atom. The minimum atomic E-state index is -0.466. The molecule has 1 unspecified atom stereocenters. The van der Waals surface area contributed by atoms with Gasteiger partial charge in [0.2, 0.25) is 0 Å². The lowest BCUT2D eigenvalue weighted by Crippen LogP contribution is -2.06. The van der Waals surface area contributed by atoms with Crippen LogP contribution in [-0.4, -0.2) is 10.1 Å². The molecule has 1 heterocycles. The van der Waals surface area contributed by atoms with Gasteiger partial charge in [0.05, 0.1) is 11.6 Å². The summed E-state index contributed by atoms with van der Waals surface area (Å²) in [7, 11) is 0. The summed E-state index contributed by atoms with van der Waals surface area (Å²) in [5.74, 6) is 0. The zero-order valence-corrected chi connectivity index (χ0v) is 13.4. The first kappa shape index (κ1) is 15.5. The van der Waals surface area contributed by atoms with Crippen molar-refractivity contribution >= 4 is 16.6 Å². The number of fused-ring (bicyclic) bond motifs is 1. The number of aliphatic hydroxyl groups is 1. The predicted molar refractivity (Wildman–Crippen MR) is 95.3 cm³/mol. The number of pyridine rings is 1. The van der Waals surface area contributed by atoms with Gasteiger partial charge in [0.15, 0.2) is 0 Å². The molecule has 0 aliphatic heterocycles. The van der Waals surface area contributed by atoms with Gasteiger partial charge in [-0.25, -0.2) is 0 Å². The van der Waals surface area contributed by atoms with Gasteiger partial charge in [-0.3, -0.25) is 4.98 Å². The zero-order chi connectivity index (χ0) is 16.2. The number of hydrogen-bond donors (Lipinski definition) is 2. The molecule has 2 aromatic carbocycles. The SMILES string of the molecule is CCCC(O)c1cccc(N)c1Cc1ccnc2ccccc12. The van der Waals surface area contributed by atoms with Crippen LogP contribution in [0.4, 0.5) is 5.69 Å². The van der Waals surface area contributed by atoms with E-state index in [0.29, 0.717) is 6.42 Å². The molecule has 3 rings (SSSR count). The van der Waals surface area contributed by atoms with Gasteiger partial charge in [-0.05, 0) is 41.3 Å². The number of nitrogens with zero attached hydrogens (tertiary/aromatic N) is 1. The molecule has 0 radical (unpaired) electrons. The molecule has 23 heavy (non-hydrogen) atoms. The van der Waals surface area contributed by atoms with Crippen LogP contribution in [0.5, 0.6) is 0 Å². The molecular formula is C20H22N2O. The van der Waals surface area contributed by atoms with Crippen LogP contribution in [0.2, 0.25) is 0 Å². The Hall–Kier alpha value is -2.39. The maximum atomic E-state index is 10.4. The molecule has 0 aliphatic rings. The van der Waals surface area contributed by atoms with E-state index < -0.39 is 6.10 Å². The Morgan fingerprint density at radius 1 is 1.09 bits per heavy atom. The van der Waals surface area contributed by atoms with Crippen LogP contribution in [0.15, 0.2) is 54.7 Å². The van der Waals surface area contributed by atoms with Gasteiger partial charge < -0.3 is 10.8 Å². The highest BCUT2D eigenvalue weighted by molar-refractivity contribution is 5.82. The van der Waals surface area contributed by atoms with E-state index in [0.717, 1.165) is 40.6 Å². The van der Waals surface area contributed by atoms with Crippen molar-refractivity contribution in [2.75, 3.05) is 5.73 Å². The zero-order valence-electron chi connectivity index (χ0n) is 13.4. The van der Waals surface area contributed by atoms with Crippen LogP contribution in [0.1, 0.15) is 42.6 Å². The van der Waals surface area contributed by atoms with E-state index in [-0.39, 0.29) is 0 Å². The quantitative estimate of drug-likeness (QED) is 0.693. The Bertz CT molecular complexity index is 808. The van der Waals surface area contributed by atoms with Crippen LogP contribution in [0, 0.1) is 0 Å². The molecule has 0 fully saturated rings. The lowest BCUT2D eigenvalue weighted by atomic mass is 9.92. The molecule has 3 N–H and O–H groups in total. The second-order valence-electron chi connectivity index (χ2n) is 5.88. The first-order chi connectivity index (χ1) is 11.2. The van der Waals surface area contributed by atoms with Crippen molar-refractivity contribution in [3.8, 4) is 0 Å². The summed E-state index contributed by atoms with van der Waals surface area (Å²) < 4.78 is 0. The van der Waals surface area contributed by atoms with Gasteiger partial charge in [-0.15, -0.1) is 0 Å². The van der Waals surface area contributed by atoms with Crippen LogP contribution >= 0.6 is 0 Å². The van der Waals surface area contributed by atoms with Crippen LogP contribution in [0.3, 0.4) is 0 Å². The minimum Gasteiger partial charge on any atom is -0.398 e. The molecular weight excluding hydrogens is 284 g/mol. The predicted octanol–water partition coefficient (Wildman–Crippen LogP) is 4.24. The number of rotatable bonds is 5. The first-order valence-electron chi connectivity index (χ1n) is 8.08. The van der Waals surface area contributed by atoms with Gasteiger partial charge >= 0.3 is 0 Å². The molecule has 118 valence electrons. The fraction of sp³-hybridized carbons (Fsp3) is 0.250. The number of para-hydroxylation sites is 1. The third kappa shape index (κ3) is 3.20. The molecule has 0 aliphatic carbocycles. The molecule has 3 aromatic rings. The normalized spacial score (nSPS) is 12.4. The van der Waals surface area contributed by atoms with Gasteiger partial charge in [0.1, 0.15) is 0 Å². The summed E-state index contributed by atoms with van der Waals surface area (Å²) in [6.45, 7) is 2.07. The van der Waals surface area contributed by atoms with Crippen molar-refractivity contribution in [3.05, 3.63) is 71.4 Å². The highest BCUT2D eigenvalue weighted by atomic mass is 16.3. The topological polar surface area (TPSA) is 59.1 Å². The number of hydrogen-bond acceptors (Lipinski definition) is 3. The average molecular weight is 306 g/mol. The summed E-state index contributed by atoms with van der Waals surface area (Å²) in [4.78, 5) is 4.41. The van der Waals surface area contributed by atoms with Crippen molar-refractivity contribution < 1.29 is 5.11 Å². The standard InChI is InChI=1S/C20H22N2O/c1-2-6-20(23)16-8-5-9-18(21)17(16)13-14-11-12-22-19-10-4-3-7-15(14)19/h3-5,7-12,20,23H,2,6,13,21H2,1H3. The molecule has 0 spiro atoms. The van der Waals surface area contributed by atoms with Crippen molar-refractivity contribution in [1.29, 1.82) is 0 Å². The number of aromatic nitrogens is 1. The Balaban J connectivity index is 2.05. The largest absolute Gasteiger partial charge is 0.398 e. The summed E-state index contributed by atoms with van der Waals surface area (Å²) in [6.07, 6.45) is 3.75. The van der Waals surface area contributed by atoms with Crippen molar-refractivity contribution in [1.82, 2.24) is 4.98 Å². The second-order valence-corrected chi connectivity index (χ2v) is 5.88. The van der Waals surface area contributed by atoms with Gasteiger partial charge in [0.25, 0.3) is 0 Å². The molecule has 1 atom stereocenters. The molecule has 0 bridgehead atoms. The summed E-state index contributed by atoms with van der Waals surface area (Å²) in [6, 6.07) is 15.9. The summed E-state index contributed by atoms with van der Waals surface area (Å²) in [5.41, 5.74) is 11.1. The van der Waals surface area contributed by atoms with E-state index in [1.165, 1.54) is 5.56 Å². The van der Waals surface area contributed by atoms with Gasteiger partial charge in [0, 0.05) is 23.7 Å². The lowest BCUT2D eigenvalue weighted by Gasteiger charge is -2.17. The lowest BCUT2D eigenvalue weighted by molar-refractivity contribution is 0.165. The highest BCUT2D eigenvalue weighted by Gasteiger charge is 2.15. The maximum Gasteiger partial charge on any atom is 0.0793 e. The summed E-state index contributed by atoms with van der Waals surface area (Å²) in [5, 5.41) is 11.6. The van der Waals surface area contributed by atoms with Gasteiger partial charge in [-0.1, -0.05) is 43.7 Å². The van der Waals surface area contributed by atoms with Crippen LogP contribution in [-0.2, 0) is 6.42 Å². The number of nitrogen functional groups attached to an aromatic ring is 1. The smallest absolute Gasteiger partial charge is 0.0793 e. The number of aliphatic hydroxyl groups excluding tert-OH is 1. The van der Waals surface area contributed by atoms with Crippen LogP contribution in [0.25, 0.3) is 10.9 Å². The summed E-state index contributed by atoms with van der Waals surface area (Å²) >= 11 is 0. The Morgan fingerprint density at radius 2 is 1.91 bits per heavy atom. The van der Waals surface area contributed by atoms with Crippen molar-refractivity contribution in [3.63, 3.8) is 0 Å². The maximum absolute atomic E-state index is 10.4. The van der Waals surface area contributed by atoms with Crippen molar-refractivity contribution in [2.24, 2.45) is 0 Å². The number of nitrogens with two attached hydrogens (primary N) is 1. The van der Waals surface area contributed by atoms with E-state index in [1.54, 1.807) is 0 Å². The van der Waals surface area contributed by atoms with Gasteiger partial charge in [-0.2, -0.15) is 0 Å². The fourth-order valence-electron chi connectivity index (χ4n) is 3.07. The molecule has 3 nitrogen and oxygen atoms in total. The fourth-order valence-corrected chi connectivity index (χ4v) is 3.07. The van der Waals surface area contributed by atoms with E-state index in [1.807, 2.05) is 48.7 Å². The van der Waals surface area contributed by atoms with Crippen LogP contribution < -0.4 is 5.73 Å². The molecule has 0 saturated carbocycles. The molecule has 0 saturated heterocycles. The van der Waals surface area contributed by atoms with E-state index in [4.69, 9.17) is 5.73 Å². The third-order valence-electron chi connectivity index (χ3n) is 4.28. The Kier molecular flexibility index (Phi) is 4.58. The van der Waals surface area contributed by atoms with Crippen molar-refractivity contribution in [2.45, 2.75) is 32.3 Å². The average Bonchev–Trinajstić information content (AvgIpc) is 2.57. The number of benzene rings is 2. The highest BCUT2D eigenvalue weighted by Crippen LogP contribution is 2.30. The van der Waals surface area contributed by atoms with E-state index in [2.05, 4.69) is 18.0 Å². The second kappa shape index (κ2) is 6.80.